The molecule has 0 aromatic heterocycles. The summed E-state index contributed by atoms with van der Waals surface area (Å²) in [7, 11) is 0. The highest BCUT2D eigenvalue weighted by Gasteiger charge is 2.43. The predicted octanol–water partition coefficient (Wildman–Crippen LogP) is 8.08. The van der Waals surface area contributed by atoms with Crippen molar-refractivity contribution in [2.24, 2.45) is 5.92 Å². The van der Waals surface area contributed by atoms with Gasteiger partial charge in [-0.1, -0.05) is 102 Å². The normalized spacial score (nSPS) is 15.9. The molecule has 1 fully saturated rings. The molecule has 3 heteroatoms. The fraction of sp³-hybridized carbons (Fsp3) is 0.548. The molecule has 0 bridgehead atoms. The number of carbonyl (C=O) groups is 1. The zero-order valence-corrected chi connectivity index (χ0v) is 21.4. The van der Waals surface area contributed by atoms with Crippen LogP contribution in [-0.4, -0.2) is 5.97 Å². The lowest BCUT2D eigenvalue weighted by molar-refractivity contribution is -0.142. The van der Waals surface area contributed by atoms with Gasteiger partial charge in [-0.2, -0.15) is 5.26 Å². The van der Waals surface area contributed by atoms with Crippen LogP contribution >= 0.6 is 0 Å². The van der Waals surface area contributed by atoms with Gasteiger partial charge in [0.2, 0.25) is 0 Å². The van der Waals surface area contributed by atoms with E-state index in [1.807, 2.05) is 18.2 Å². The summed E-state index contributed by atoms with van der Waals surface area (Å²) in [4.78, 5) is 13.7. The largest absolute Gasteiger partial charge is 0.424 e. The second kappa shape index (κ2) is 12.7. The first-order chi connectivity index (χ1) is 16.6. The zero-order valence-electron chi connectivity index (χ0n) is 21.4. The number of nitrogens with zero attached hydrogens (tertiary/aromatic N) is 1. The molecule has 0 saturated heterocycles. The quantitative estimate of drug-likeness (QED) is 0.252. The lowest BCUT2D eigenvalue weighted by atomic mass is 9.69. The van der Waals surface area contributed by atoms with Gasteiger partial charge in [-0.3, -0.25) is 4.79 Å². The molecule has 34 heavy (non-hydrogen) atoms. The maximum absolute atomic E-state index is 13.7. The first-order valence-electron chi connectivity index (χ1n) is 13.4. The number of carbonyl (C=O) groups excluding carboxylic acids is 1. The van der Waals surface area contributed by atoms with Gasteiger partial charge in [0.25, 0.3) is 0 Å². The van der Waals surface area contributed by atoms with Gasteiger partial charge in [-0.25, -0.2) is 0 Å². The summed E-state index contributed by atoms with van der Waals surface area (Å²) >= 11 is 0. The Hall–Kier alpha value is -2.60. The molecule has 1 aliphatic rings. The van der Waals surface area contributed by atoms with Crippen molar-refractivity contribution in [3.63, 3.8) is 0 Å². The summed E-state index contributed by atoms with van der Waals surface area (Å²) in [5.41, 5.74) is 3.34. The summed E-state index contributed by atoms with van der Waals surface area (Å²) in [6, 6.07) is 16.6. The Morgan fingerprint density at radius 3 is 2.32 bits per heavy atom. The molecular weight excluding hydrogens is 418 g/mol. The topological polar surface area (TPSA) is 50.1 Å². The van der Waals surface area contributed by atoms with Crippen LogP contribution in [0.25, 0.3) is 0 Å². The molecule has 1 unspecified atom stereocenters. The van der Waals surface area contributed by atoms with Crippen LogP contribution in [-0.2, 0) is 23.1 Å². The van der Waals surface area contributed by atoms with E-state index in [-0.39, 0.29) is 5.97 Å². The van der Waals surface area contributed by atoms with E-state index < -0.39 is 5.41 Å². The Morgan fingerprint density at radius 1 is 1.00 bits per heavy atom. The summed E-state index contributed by atoms with van der Waals surface area (Å²) in [5, 5.41) is 9.82. The molecule has 1 atom stereocenters. The van der Waals surface area contributed by atoms with Crippen molar-refractivity contribution < 1.29 is 9.53 Å². The van der Waals surface area contributed by atoms with Gasteiger partial charge in [-0.05, 0) is 60.4 Å². The molecule has 0 aliphatic heterocycles. The molecule has 0 radical (unpaired) electrons. The molecule has 3 nitrogen and oxygen atoms in total. The zero-order chi connectivity index (χ0) is 24.4. The SMILES string of the molecule is CCCCC(CC)Cc1ccc(OC(=O)C2(c3ccc(CCC)cc3)CCCCC2)c(C#N)c1. The van der Waals surface area contributed by atoms with Crippen molar-refractivity contribution in [3.8, 4) is 11.8 Å². The Morgan fingerprint density at radius 2 is 1.71 bits per heavy atom. The summed E-state index contributed by atoms with van der Waals surface area (Å²) in [6.45, 7) is 6.64. The Bertz CT molecular complexity index is 964. The third kappa shape index (κ3) is 6.29. The van der Waals surface area contributed by atoms with Crippen LogP contribution < -0.4 is 4.74 Å². The summed E-state index contributed by atoms with van der Waals surface area (Å²) < 4.78 is 6.00. The molecule has 2 aromatic rings. The van der Waals surface area contributed by atoms with Gasteiger partial charge in [0, 0.05) is 0 Å². The average Bonchev–Trinajstić information content (AvgIpc) is 2.88. The smallest absolute Gasteiger partial charge is 0.321 e. The number of aryl methyl sites for hydroxylation is 1. The number of hydrogen-bond donors (Lipinski definition) is 0. The molecule has 0 heterocycles. The van der Waals surface area contributed by atoms with Crippen molar-refractivity contribution in [1.82, 2.24) is 0 Å². The van der Waals surface area contributed by atoms with Gasteiger partial charge >= 0.3 is 5.97 Å². The molecule has 1 aliphatic carbocycles. The highest BCUT2D eigenvalue weighted by molar-refractivity contribution is 5.85. The van der Waals surface area contributed by atoms with E-state index in [1.165, 1.54) is 24.8 Å². The van der Waals surface area contributed by atoms with Gasteiger partial charge in [0.05, 0.1) is 11.0 Å². The first-order valence-corrected chi connectivity index (χ1v) is 13.4. The van der Waals surface area contributed by atoms with Crippen molar-refractivity contribution in [3.05, 3.63) is 64.7 Å². The second-order valence-electron chi connectivity index (χ2n) is 10.0. The van der Waals surface area contributed by atoms with Crippen molar-refractivity contribution in [2.75, 3.05) is 0 Å². The van der Waals surface area contributed by atoms with Crippen LogP contribution in [0.1, 0.15) is 107 Å². The fourth-order valence-corrected chi connectivity index (χ4v) is 5.40. The summed E-state index contributed by atoms with van der Waals surface area (Å²) in [5.74, 6) is 0.806. The Balaban J connectivity index is 1.81. The monoisotopic (exact) mass is 459 g/mol. The van der Waals surface area contributed by atoms with Crippen molar-refractivity contribution >= 4 is 5.97 Å². The van der Waals surface area contributed by atoms with E-state index in [2.05, 4.69) is 51.1 Å². The molecule has 182 valence electrons. The molecular formula is C31H41NO2. The molecule has 0 amide bonds. The van der Waals surface area contributed by atoms with Gasteiger partial charge in [-0.15, -0.1) is 0 Å². The van der Waals surface area contributed by atoms with E-state index in [4.69, 9.17) is 4.74 Å². The molecule has 0 spiro atoms. The number of unbranched alkanes of at least 4 members (excludes halogenated alkanes) is 1. The third-order valence-electron chi connectivity index (χ3n) is 7.58. The highest BCUT2D eigenvalue weighted by Crippen LogP contribution is 2.41. The molecule has 2 aromatic carbocycles. The van der Waals surface area contributed by atoms with Crippen LogP contribution in [0, 0.1) is 17.2 Å². The van der Waals surface area contributed by atoms with Crippen LogP contribution in [0.2, 0.25) is 0 Å². The number of benzene rings is 2. The lowest BCUT2D eigenvalue weighted by Gasteiger charge is -2.35. The average molecular weight is 460 g/mol. The lowest BCUT2D eigenvalue weighted by Crippen LogP contribution is -2.41. The maximum Gasteiger partial charge on any atom is 0.321 e. The number of nitriles is 1. The van der Waals surface area contributed by atoms with E-state index in [0.29, 0.717) is 17.2 Å². The van der Waals surface area contributed by atoms with Gasteiger partial charge in [0.15, 0.2) is 0 Å². The van der Waals surface area contributed by atoms with Crippen LogP contribution in [0.5, 0.6) is 5.75 Å². The van der Waals surface area contributed by atoms with E-state index in [9.17, 15) is 10.1 Å². The molecule has 3 rings (SSSR count). The van der Waals surface area contributed by atoms with Gasteiger partial charge in [0.1, 0.15) is 11.8 Å². The van der Waals surface area contributed by atoms with Gasteiger partial charge < -0.3 is 4.74 Å². The first kappa shape index (κ1) is 26.0. The Kier molecular flexibility index (Phi) is 9.75. The fourth-order valence-electron chi connectivity index (χ4n) is 5.40. The third-order valence-corrected chi connectivity index (χ3v) is 7.58. The summed E-state index contributed by atoms with van der Waals surface area (Å²) in [6.07, 6.45) is 12.7. The predicted molar refractivity (Wildman–Crippen MR) is 139 cm³/mol. The Labute approximate surface area is 206 Å². The standard InChI is InChI=1S/C31H41NO2/c1-4-7-12-24(6-3)21-26-15-18-29(27(22-26)23-32)34-30(33)31(19-9-8-10-20-31)28-16-13-25(11-5-2)14-17-28/h13-18,22,24H,4-12,19-21H2,1-3H3. The number of hydrogen-bond acceptors (Lipinski definition) is 3. The van der Waals surface area contributed by atoms with Crippen LogP contribution in [0.3, 0.4) is 0 Å². The maximum atomic E-state index is 13.7. The van der Waals surface area contributed by atoms with Crippen molar-refractivity contribution in [1.29, 1.82) is 5.26 Å². The van der Waals surface area contributed by atoms with Crippen LogP contribution in [0.15, 0.2) is 42.5 Å². The number of rotatable bonds is 11. The minimum absolute atomic E-state index is 0.214. The molecule has 1 saturated carbocycles. The molecule has 0 N–H and O–H groups in total. The minimum Gasteiger partial charge on any atom is -0.424 e. The van der Waals surface area contributed by atoms with E-state index in [1.54, 1.807) is 0 Å². The van der Waals surface area contributed by atoms with Crippen molar-refractivity contribution in [2.45, 2.75) is 103 Å². The minimum atomic E-state index is -0.623. The second-order valence-corrected chi connectivity index (χ2v) is 10.0. The number of esters is 1. The number of ether oxygens (including phenoxy) is 1. The van der Waals surface area contributed by atoms with E-state index >= 15 is 0 Å². The highest BCUT2D eigenvalue weighted by atomic mass is 16.5. The van der Waals surface area contributed by atoms with Crippen LogP contribution in [0.4, 0.5) is 0 Å². The van der Waals surface area contributed by atoms with E-state index in [0.717, 1.165) is 68.9 Å².